The molecule has 1 aliphatic rings. The molecule has 0 unspecified atom stereocenters. The van der Waals surface area contributed by atoms with Crippen molar-refractivity contribution < 1.29 is 4.79 Å². The number of halogens is 2. The summed E-state index contributed by atoms with van der Waals surface area (Å²) in [6.07, 6.45) is 8.01. The minimum absolute atomic E-state index is 0. The minimum Gasteiger partial charge on any atom is -0.339 e. The normalized spacial score (nSPS) is 14.5. The van der Waals surface area contributed by atoms with Crippen LogP contribution in [0.3, 0.4) is 0 Å². The summed E-state index contributed by atoms with van der Waals surface area (Å²) in [4.78, 5) is 22.8. The molecule has 1 fully saturated rings. The van der Waals surface area contributed by atoms with Gasteiger partial charge in [-0.25, -0.2) is 14.6 Å². The highest BCUT2D eigenvalue weighted by Crippen LogP contribution is 2.21. The van der Waals surface area contributed by atoms with Crippen molar-refractivity contribution in [2.75, 3.05) is 26.7 Å². The minimum atomic E-state index is 0. The van der Waals surface area contributed by atoms with E-state index in [1.165, 1.54) is 12.7 Å². The summed E-state index contributed by atoms with van der Waals surface area (Å²) >= 11 is 0. The predicted octanol–water partition coefficient (Wildman–Crippen LogP) is 1.97. The highest BCUT2D eigenvalue weighted by atomic mass is 35.5. The maximum atomic E-state index is 12.7. The Kier molecular flexibility index (Phi) is 8.82. The van der Waals surface area contributed by atoms with Gasteiger partial charge in [-0.3, -0.25) is 4.79 Å². The van der Waals surface area contributed by atoms with E-state index in [-0.39, 0.29) is 30.7 Å². The van der Waals surface area contributed by atoms with Gasteiger partial charge in [0.2, 0.25) is 0 Å². The molecule has 1 saturated heterocycles. The Balaban J connectivity index is 0.00000156. The van der Waals surface area contributed by atoms with Crippen LogP contribution < -0.4 is 5.32 Å². The summed E-state index contributed by atoms with van der Waals surface area (Å²) in [6, 6.07) is 3.53. The lowest BCUT2D eigenvalue weighted by molar-refractivity contribution is 0.0687. The summed E-state index contributed by atoms with van der Waals surface area (Å²) in [7, 11) is 1.98. The van der Waals surface area contributed by atoms with E-state index in [1.54, 1.807) is 29.3 Å². The molecule has 138 valence electrons. The fourth-order valence-corrected chi connectivity index (χ4v) is 2.96. The second-order valence-electron chi connectivity index (χ2n) is 5.87. The third-order valence-electron chi connectivity index (χ3n) is 4.35. The Morgan fingerprint density at radius 3 is 2.72 bits per heavy atom. The first-order chi connectivity index (χ1) is 11.3. The number of likely N-dealkylation sites (tertiary alicyclic amines) is 1. The first-order valence-corrected chi connectivity index (χ1v) is 8.03. The third-order valence-corrected chi connectivity index (χ3v) is 4.35. The number of hydrogen-bond acceptors (Lipinski definition) is 5. The average Bonchev–Trinajstić information content (AvgIpc) is 3.14. The van der Waals surface area contributed by atoms with Gasteiger partial charge in [0.15, 0.2) is 5.82 Å². The van der Waals surface area contributed by atoms with Gasteiger partial charge >= 0.3 is 0 Å². The van der Waals surface area contributed by atoms with E-state index in [1.807, 2.05) is 11.9 Å². The van der Waals surface area contributed by atoms with Crippen LogP contribution in [0.15, 0.2) is 31.0 Å². The van der Waals surface area contributed by atoms with E-state index in [4.69, 9.17) is 0 Å². The van der Waals surface area contributed by atoms with Gasteiger partial charge in [-0.05, 0) is 50.9 Å². The van der Waals surface area contributed by atoms with Crippen molar-refractivity contribution in [3.8, 4) is 5.82 Å². The van der Waals surface area contributed by atoms with Crippen LogP contribution in [0.25, 0.3) is 5.82 Å². The first kappa shape index (κ1) is 21.3. The molecule has 0 aromatic carbocycles. The molecule has 1 amide bonds. The van der Waals surface area contributed by atoms with Crippen LogP contribution in [0.4, 0.5) is 0 Å². The monoisotopic (exact) mass is 386 g/mol. The lowest BCUT2D eigenvalue weighted by atomic mass is 9.93. The molecule has 1 aliphatic heterocycles. The molecule has 0 bridgehead atoms. The zero-order chi connectivity index (χ0) is 16.1. The summed E-state index contributed by atoms with van der Waals surface area (Å²) < 4.78 is 1.56. The molecule has 0 spiro atoms. The van der Waals surface area contributed by atoms with Gasteiger partial charge in [-0.1, -0.05) is 0 Å². The molecule has 9 heteroatoms. The van der Waals surface area contributed by atoms with Crippen molar-refractivity contribution in [3.63, 3.8) is 0 Å². The number of nitrogens with zero attached hydrogens (tertiary/aromatic N) is 5. The van der Waals surface area contributed by atoms with Gasteiger partial charge in [0.1, 0.15) is 12.7 Å². The van der Waals surface area contributed by atoms with Crippen molar-refractivity contribution in [1.82, 2.24) is 30.0 Å². The number of rotatable bonds is 5. The summed E-state index contributed by atoms with van der Waals surface area (Å²) in [5.41, 5.74) is 0.652. The molecule has 0 saturated carbocycles. The Bertz CT molecular complexity index is 644. The largest absolute Gasteiger partial charge is 0.339 e. The molecular weight excluding hydrogens is 363 g/mol. The Hall–Kier alpha value is -1.70. The van der Waals surface area contributed by atoms with Gasteiger partial charge in [-0.15, -0.1) is 24.8 Å². The number of aromatic nitrogens is 4. The van der Waals surface area contributed by atoms with E-state index < -0.39 is 0 Å². The number of amides is 1. The van der Waals surface area contributed by atoms with Gasteiger partial charge in [0, 0.05) is 24.8 Å². The zero-order valence-corrected chi connectivity index (χ0v) is 15.8. The maximum Gasteiger partial charge on any atom is 0.254 e. The van der Waals surface area contributed by atoms with Crippen LogP contribution >= 0.6 is 24.8 Å². The highest BCUT2D eigenvalue weighted by Gasteiger charge is 2.23. The standard InChI is InChI=1S/C16H22N6O.2ClH/c1-17-6-2-13-4-8-21(9-5-13)16(23)14-3-7-19-15(10-14)22-12-18-11-20-22;;/h3,7,10-13,17H,2,4-6,8-9H2,1H3;2*1H. The number of piperidine rings is 1. The van der Waals surface area contributed by atoms with Crippen LogP contribution in [0.5, 0.6) is 0 Å². The lowest BCUT2D eigenvalue weighted by Crippen LogP contribution is -2.39. The first-order valence-electron chi connectivity index (χ1n) is 8.03. The molecule has 2 aromatic rings. The Morgan fingerprint density at radius 2 is 2.08 bits per heavy atom. The summed E-state index contributed by atoms with van der Waals surface area (Å²) in [6.45, 7) is 2.70. The average molecular weight is 387 g/mol. The van der Waals surface area contributed by atoms with E-state index >= 15 is 0 Å². The van der Waals surface area contributed by atoms with Gasteiger partial charge in [0.05, 0.1) is 0 Å². The van der Waals surface area contributed by atoms with E-state index in [9.17, 15) is 4.79 Å². The van der Waals surface area contributed by atoms with Gasteiger partial charge in [-0.2, -0.15) is 5.10 Å². The molecule has 3 heterocycles. The zero-order valence-electron chi connectivity index (χ0n) is 14.2. The molecular formula is C16H24Cl2N6O. The number of hydrogen-bond donors (Lipinski definition) is 1. The number of nitrogens with one attached hydrogen (secondary N) is 1. The smallest absolute Gasteiger partial charge is 0.254 e. The molecule has 2 aromatic heterocycles. The molecule has 25 heavy (non-hydrogen) atoms. The quantitative estimate of drug-likeness (QED) is 0.849. The number of carbonyl (C=O) groups excluding carboxylic acids is 1. The number of carbonyl (C=O) groups is 1. The SMILES string of the molecule is CNCCC1CCN(C(=O)c2ccnc(-n3cncn3)c2)CC1.Cl.Cl. The van der Waals surface area contributed by atoms with E-state index in [0.29, 0.717) is 11.4 Å². The fourth-order valence-electron chi connectivity index (χ4n) is 2.96. The summed E-state index contributed by atoms with van der Waals surface area (Å²) in [5, 5.41) is 7.24. The highest BCUT2D eigenvalue weighted by molar-refractivity contribution is 5.94. The number of pyridine rings is 1. The molecule has 0 atom stereocenters. The van der Waals surface area contributed by atoms with Crippen molar-refractivity contribution in [3.05, 3.63) is 36.5 Å². The maximum absolute atomic E-state index is 12.7. The van der Waals surface area contributed by atoms with Crippen LogP contribution in [0, 0.1) is 5.92 Å². The Morgan fingerprint density at radius 1 is 1.32 bits per heavy atom. The fraction of sp³-hybridized carbons (Fsp3) is 0.500. The van der Waals surface area contributed by atoms with E-state index in [0.717, 1.165) is 38.4 Å². The topological polar surface area (TPSA) is 75.9 Å². The van der Waals surface area contributed by atoms with Crippen LogP contribution in [0.2, 0.25) is 0 Å². The van der Waals surface area contributed by atoms with Crippen molar-refractivity contribution in [2.45, 2.75) is 19.3 Å². The van der Waals surface area contributed by atoms with Crippen molar-refractivity contribution in [2.24, 2.45) is 5.92 Å². The van der Waals surface area contributed by atoms with E-state index in [2.05, 4.69) is 20.4 Å². The Labute approximate surface area is 160 Å². The van der Waals surface area contributed by atoms with Crippen molar-refractivity contribution >= 4 is 30.7 Å². The van der Waals surface area contributed by atoms with Crippen LogP contribution in [-0.4, -0.2) is 57.2 Å². The van der Waals surface area contributed by atoms with Crippen LogP contribution in [0.1, 0.15) is 29.6 Å². The van der Waals surface area contributed by atoms with Crippen molar-refractivity contribution in [1.29, 1.82) is 0 Å². The molecule has 7 nitrogen and oxygen atoms in total. The van der Waals surface area contributed by atoms with Gasteiger partial charge < -0.3 is 10.2 Å². The van der Waals surface area contributed by atoms with Gasteiger partial charge in [0.25, 0.3) is 5.91 Å². The molecule has 0 aliphatic carbocycles. The molecule has 3 rings (SSSR count). The summed E-state index contributed by atoms with van der Waals surface area (Å²) in [5.74, 6) is 1.40. The van der Waals surface area contributed by atoms with Crippen LogP contribution in [-0.2, 0) is 0 Å². The molecule has 1 N–H and O–H groups in total. The lowest BCUT2D eigenvalue weighted by Gasteiger charge is -2.32. The third kappa shape index (κ3) is 5.39. The molecule has 0 radical (unpaired) electrons. The predicted molar refractivity (Wildman–Crippen MR) is 101 cm³/mol. The second kappa shape index (κ2) is 10.3. The second-order valence-corrected chi connectivity index (χ2v) is 5.87.